The number of phenolic OH excluding ortho intramolecular Hbond substituents is 1. The predicted octanol–water partition coefficient (Wildman–Crippen LogP) is 1.97. The van der Waals surface area contributed by atoms with E-state index in [9.17, 15) is 14.7 Å². The molecule has 0 bridgehead atoms. The Balaban J connectivity index is 2.31. The van der Waals surface area contributed by atoms with Gasteiger partial charge in [0.1, 0.15) is 11.5 Å². The molecule has 0 aromatic heterocycles. The number of benzene rings is 2. The van der Waals surface area contributed by atoms with Gasteiger partial charge in [0, 0.05) is 5.56 Å². The number of anilines is 1. The first-order valence-corrected chi connectivity index (χ1v) is 6.39. The van der Waals surface area contributed by atoms with E-state index in [1.54, 1.807) is 12.1 Å². The maximum absolute atomic E-state index is 12.1. The highest BCUT2D eigenvalue weighted by Crippen LogP contribution is 2.20. The van der Waals surface area contributed by atoms with Crippen LogP contribution in [0.1, 0.15) is 21.5 Å². The van der Waals surface area contributed by atoms with E-state index in [4.69, 9.17) is 15.8 Å². The average molecular weight is 309 g/mol. The summed E-state index contributed by atoms with van der Waals surface area (Å²) in [7, 11) is 0. The van der Waals surface area contributed by atoms with E-state index in [0.29, 0.717) is 0 Å². The first-order chi connectivity index (χ1) is 10.9. The number of hydrogen-bond donors (Lipinski definition) is 4. The Bertz CT molecular complexity index is 853. The van der Waals surface area contributed by atoms with Gasteiger partial charge in [0.15, 0.2) is 0 Å². The summed E-state index contributed by atoms with van der Waals surface area (Å²) in [5, 5.41) is 37.7. The van der Waals surface area contributed by atoms with Gasteiger partial charge in [-0.3, -0.25) is 10.2 Å². The summed E-state index contributed by atoms with van der Waals surface area (Å²) in [5.74, 6) is -2.42. The maximum atomic E-state index is 12.1. The number of carboxylic acid groups (broad SMARTS) is 1. The molecule has 0 heterocycles. The van der Waals surface area contributed by atoms with Crippen molar-refractivity contribution >= 4 is 23.3 Å². The van der Waals surface area contributed by atoms with Crippen molar-refractivity contribution in [1.82, 2.24) is 0 Å². The minimum Gasteiger partial charge on any atom is -0.507 e. The van der Waals surface area contributed by atoms with Crippen molar-refractivity contribution in [3.63, 3.8) is 0 Å². The van der Waals surface area contributed by atoms with Crippen LogP contribution in [0.4, 0.5) is 5.69 Å². The fraction of sp³-hybridized carbons (Fsp3) is 0. The van der Waals surface area contributed by atoms with Gasteiger partial charge < -0.3 is 15.5 Å². The molecule has 2 aromatic carbocycles. The normalized spacial score (nSPS) is 9.70. The zero-order chi connectivity index (χ0) is 17.0. The van der Waals surface area contributed by atoms with Gasteiger partial charge in [0.2, 0.25) is 0 Å². The summed E-state index contributed by atoms with van der Waals surface area (Å²) in [6.07, 6.45) is 0. The van der Waals surface area contributed by atoms with E-state index in [0.717, 1.165) is 6.07 Å². The number of phenols is 1. The van der Waals surface area contributed by atoms with Crippen molar-refractivity contribution in [3.8, 4) is 11.8 Å². The van der Waals surface area contributed by atoms with Crippen molar-refractivity contribution in [3.05, 3.63) is 59.2 Å². The number of hydrogen-bond acceptors (Lipinski definition) is 5. The number of amides is 1. The van der Waals surface area contributed by atoms with E-state index in [2.05, 4.69) is 5.32 Å². The van der Waals surface area contributed by atoms with Crippen LogP contribution in [0.2, 0.25) is 0 Å². The Hall–Kier alpha value is -3.66. The molecule has 2 aromatic rings. The Morgan fingerprint density at radius 1 is 1.13 bits per heavy atom. The molecule has 23 heavy (non-hydrogen) atoms. The molecule has 4 N–H and O–H groups in total. The number of carboxylic acids is 1. The number of nitriles is 1. The van der Waals surface area contributed by atoms with Gasteiger partial charge >= 0.3 is 5.97 Å². The number of aromatic hydroxyl groups is 1. The van der Waals surface area contributed by atoms with Crippen LogP contribution in [0.3, 0.4) is 0 Å². The summed E-state index contributed by atoms with van der Waals surface area (Å²) in [6, 6.07) is 11.4. The molecule has 0 atom stereocenters. The minimum absolute atomic E-state index is 0.0236. The molecule has 0 saturated carbocycles. The van der Waals surface area contributed by atoms with Crippen molar-refractivity contribution < 1.29 is 19.8 Å². The first-order valence-electron chi connectivity index (χ1n) is 6.39. The zero-order valence-corrected chi connectivity index (χ0v) is 11.7. The lowest BCUT2D eigenvalue weighted by Gasteiger charge is -2.10. The van der Waals surface area contributed by atoms with Crippen LogP contribution in [0, 0.1) is 16.7 Å². The third-order valence-electron chi connectivity index (χ3n) is 3.03. The third kappa shape index (κ3) is 3.33. The lowest BCUT2D eigenvalue weighted by atomic mass is 10.1. The number of rotatable bonds is 4. The fourth-order valence-electron chi connectivity index (χ4n) is 1.89. The van der Waals surface area contributed by atoms with Gasteiger partial charge in [-0.15, -0.1) is 0 Å². The molecule has 0 aliphatic carbocycles. The quantitative estimate of drug-likeness (QED) is 0.640. The number of carbonyl (C=O) groups excluding carboxylic acids is 1. The van der Waals surface area contributed by atoms with E-state index >= 15 is 0 Å². The molecule has 114 valence electrons. The Morgan fingerprint density at radius 2 is 1.83 bits per heavy atom. The van der Waals surface area contributed by atoms with E-state index in [-0.39, 0.29) is 28.1 Å². The minimum atomic E-state index is -1.31. The zero-order valence-electron chi connectivity index (χ0n) is 11.7. The number of para-hydroxylation sites is 1. The molecule has 0 radical (unpaired) electrons. The van der Waals surface area contributed by atoms with Gasteiger partial charge in [-0.25, -0.2) is 4.79 Å². The first kappa shape index (κ1) is 15.7. The van der Waals surface area contributed by atoms with Crippen LogP contribution in [0.5, 0.6) is 5.75 Å². The molecule has 7 heteroatoms. The number of aromatic carboxylic acids is 1. The number of nitrogens with one attached hydrogen (secondary N) is 2. The topological polar surface area (TPSA) is 134 Å². The maximum Gasteiger partial charge on any atom is 0.337 e. The van der Waals surface area contributed by atoms with Crippen molar-refractivity contribution in [2.45, 2.75) is 0 Å². The van der Waals surface area contributed by atoms with Crippen molar-refractivity contribution in [2.75, 3.05) is 5.32 Å². The monoisotopic (exact) mass is 309 g/mol. The van der Waals surface area contributed by atoms with E-state index < -0.39 is 17.6 Å². The summed E-state index contributed by atoms with van der Waals surface area (Å²) < 4.78 is 0. The van der Waals surface area contributed by atoms with Gasteiger partial charge in [0.05, 0.1) is 22.9 Å². The van der Waals surface area contributed by atoms with Gasteiger partial charge in [-0.2, -0.15) is 5.26 Å². The van der Waals surface area contributed by atoms with Crippen LogP contribution >= 0.6 is 0 Å². The fourth-order valence-corrected chi connectivity index (χ4v) is 1.89. The van der Waals surface area contributed by atoms with E-state index in [1.807, 2.05) is 6.07 Å². The lowest BCUT2D eigenvalue weighted by molar-refractivity contribution is -0.110. The Kier molecular flexibility index (Phi) is 4.38. The average Bonchev–Trinajstić information content (AvgIpc) is 2.54. The lowest BCUT2D eigenvalue weighted by Crippen LogP contribution is -2.24. The van der Waals surface area contributed by atoms with Crippen LogP contribution in [0.15, 0.2) is 42.5 Å². The predicted molar refractivity (Wildman–Crippen MR) is 81.7 cm³/mol. The summed E-state index contributed by atoms with van der Waals surface area (Å²) in [5.41, 5.74) is -0.653. The molecule has 1 amide bonds. The van der Waals surface area contributed by atoms with Crippen LogP contribution in [-0.4, -0.2) is 27.8 Å². The second-order valence-corrected chi connectivity index (χ2v) is 4.52. The Morgan fingerprint density at radius 3 is 2.43 bits per heavy atom. The molecule has 0 spiro atoms. The summed E-state index contributed by atoms with van der Waals surface area (Å²) >= 11 is 0. The van der Waals surface area contributed by atoms with Gasteiger partial charge in [-0.1, -0.05) is 12.1 Å². The molecule has 7 nitrogen and oxygen atoms in total. The third-order valence-corrected chi connectivity index (χ3v) is 3.03. The molecule has 0 fully saturated rings. The summed E-state index contributed by atoms with van der Waals surface area (Å²) in [4.78, 5) is 23.3. The van der Waals surface area contributed by atoms with Crippen LogP contribution in [-0.2, 0) is 4.79 Å². The van der Waals surface area contributed by atoms with Crippen LogP contribution in [0.25, 0.3) is 0 Å². The highest BCUT2D eigenvalue weighted by Gasteiger charge is 2.18. The number of nitrogens with zero attached hydrogens (tertiary/aromatic N) is 1. The van der Waals surface area contributed by atoms with Crippen molar-refractivity contribution in [2.24, 2.45) is 0 Å². The second-order valence-electron chi connectivity index (χ2n) is 4.52. The molecule has 0 saturated heterocycles. The van der Waals surface area contributed by atoms with Gasteiger partial charge in [0.25, 0.3) is 5.91 Å². The van der Waals surface area contributed by atoms with Gasteiger partial charge in [-0.05, 0) is 30.3 Å². The molecule has 2 rings (SSSR count). The van der Waals surface area contributed by atoms with Crippen molar-refractivity contribution in [1.29, 1.82) is 10.7 Å². The molecule has 0 unspecified atom stereocenters. The molecule has 0 aliphatic rings. The SMILES string of the molecule is N#Cc1ccc(NC(=O)C(=N)c2ccccc2O)c(C(=O)O)c1. The van der Waals surface area contributed by atoms with Crippen LogP contribution < -0.4 is 5.32 Å². The standard InChI is InChI=1S/C16H11N3O4/c17-8-9-5-6-12(11(7-9)16(22)23)19-15(21)14(18)10-3-1-2-4-13(10)20/h1-7,18,20H,(H,19,21)(H,22,23). The molecule has 0 aliphatic heterocycles. The highest BCUT2D eigenvalue weighted by molar-refractivity contribution is 6.48. The molecular weight excluding hydrogens is 298 g/mol. The van der Waals surface area contributed by atoms with E-state index in [1.165, 1.54) is 24.3 Å². The number of carbonyl (C=O) groups is 2. The largest absolute Gasteiger partial charge is 0.507 e. The summed E-state index contributed by atoms with van der Waals surface area (Å²) in [6.45, 7) is 0. The second kappa shape index (κ2) is 6.41. The highest BCUT2D eigenvalue weighted by atomic mass is 16.4. The Labute approximate surface area is 130 Å². The smallest absolute Gasteiger partial charge is 0.337 e. The molecular formula is C16H11N3O4.